The molecule has 1 N–H and O–H groups in total. The van der Waals surface area contributed by atoms with Gasteiger partial charge in [0.05, 0.1) is 13.2 Å². The van der Waals surface area contributed by atoms with E-state index in [0.717, 1.165) is 27.8 Å². The normalized spacial score (nSPS) is 12.0. The maximum Gasteiger partial charge on any atom is 0.333 e. The first-order valence-corrected chi connectivity index (χ1v) is 13.6. The van der Waals surface area contributed by atoms with Crippen molar-refractivity contribution in [2.45, 2.75) is 33.0 Å². The molecule has 3 aromatic carbocycles. The number of esters is 1. The van der Waals surface area contributed by atoms with Crippen LogP contribution in [-0.2, 0) is 22.6 Å². The number of fused-ring (bicyclic) bond motifs is 1. The summed E-state index contributed by atoms with van der Waals surface area (Å²) in [6.45, 7) is 3.50. The zero-order valence-electron chi connectivity index (χ0n) is 23.8. The van der Waals surface area contributed by atoms with Crippen molar-refractivity contribution in [3.63, 3.8) is 0 Å². The monoisotopic (exact) mass is 576 g/mol. The van der Waals surface area contributed by atoms with Crippen LogP contribution in [0.4, 0.5) is 0 Å². The molecule has 43 heavy (non-hydrogen) atoms. The number of aryl methyl sites for hydroxylation is 1. The molecule has 6 rings (SSSR count). The second kappa shape index (κ2) is 11.3. The van der Waals surface area contributed by atoms with Gasteiger partial charge in [0.15, 0.2) is 17.0 Å². The van der Waals surface area contributed by atoms with Gasteiger partial charge in [0.25, 0.3) is 5.56 Å². The lowest BCUT2D eigenvalue weighted by Crippen LogP contribution is -2.43. The standard InChI is InChI=1S/C31H28N8O4/c1-19(22-9-5-4-6-10-22)39-30(41)27-29(38(31(39)42)18-26(40)43-3)32-20(2)37(27)17-21-13-15-23(16-14-21)24-11-7-8-12-25(24)28-33-35-36-34-28/h4-16,19H,17-18H2,1-3H3,(H,33,34,35,36). The molecule has 3 heterocycles. The molecule has 0 fully saturated rings. The van der Waals surface area contributed by atoms with Crippen molar-refractivity contribution in [1.29, 1.82) is 0 Å². The molecule has 1 unspecified atom stereocenters. The molecule has 0 saturated heterocycles. The number of rotatable bonds is 8. The predicted octanol–water partition coefficient (Wildman–Crippen LogP) is 3.35. The Kier molecular flexibility index (Phi) is 7.24. The average Bonchev–Trinajstić information content (AvgIpc) is 3.68. The molecular formula is C31H28N8O4. The van der Waals surface area contributed by atoms with Gasteiger partial charge in [0.1, 0.15) is 12.4 Å². The van der Waals surface area contributed by atoms with Crippen LogP contribution in [0.2, 0.25) is 0 Å². The lowest BCUT2D eigenvalue weighted by molar-refractivity contribution is -0.141. The van der Waals surface area contributed by atoms with Crippen LogP contribution >= 0.6 is 0 Å². The Bertz CT molecular complexity index is 2040. The van der Waals surface area contributed by atoms with Crippen LogP contribution in [0.3, 0.4) is 0 Å². The number of ether oxygens (including phenoxy) is 1. The zero-order chi connectivity index (χ0) is 30.1. The first-order chi connectivity index (χ1) is 20.9. The highest BCUT2D eigenvalue weighted by atomic mass is 16.5. The van der Waals surface area contributed by atoms with E-state index in [0.29, 0.717) is 18.2 Å². The fourth-order valence-electron chi connectivity index (χ4n) is 5.31. The van der Waals surface area contributed by atoms with Gasteiger partial charge in [-0.1, -0.05) is 78.9 Å². The predicted molar refractivity (Wildman–Crippen MR) is 159 cm³/mol. The average molecular weight is 577 g/mol. The molecule has 0 amide bonds. The minimum atomic E-state index is -0.631. The van der Waals surface area contributed by atoms with Crippen molar-refractivity contribution in [3.05, 3.63) is 117 Å². The lowest BCUT2D eigenvalue weighted by Gasteiger charge is -2.18. The Hall–Kier alpha value is -5.65. The van der Waals surface area contributed by atoms with E-state index in [9.17, 15) is 14.4 Å². The molecule has 0 radical (unpaired) electrons. The van der Waals surface area contributed by atoms with Gasteiger partial charge >= 0.3 is 11.7 Å². The molecule has 0 aliphatic heterocycles. The molecule has 0 aliphatic rings. The Morgan fingerprint density at radius 3 is 2.30 bits per heavy atom. The highest BCUT2D eigenvalue weighted by molar-refractivity contribution is 5.80. The summed E-state index contributed by atoms with van der Waals surface area (Å²) in [5, 5.41) is 14.2. The van der Waals surface area contributed by atoms with E-state index >= 15 is 0 Å². The first kappa shape index (κ1) is 27.5. The number of nitrogens with one attached hydrogen (secondary N) is 1. The van der Waals surface area contributed by atoms with Gasteiger partial charge in [-0.05, 0) is 46.5 Å². The van der Waals surface area contributed by atoms with Gasteiger partial charge in [-0.2, -0.15) is 0 Å². The minimum absolute atomic E-state index is 0.139. The van der Waals surface area contributed by atoms with Crippen molar-refractivity contribution in [2.75, 3.05) is 7.11 Å². The first-order valence-electron chi connectivity index (χ1n) is 13.6. The molecule has 0 saturated carbocycles. The summed E-state index contributed by atoms with van der Waals surface area (Å²) in [6.07, 6.45) is 0. The van der Waals surface area contributed by atoms with Crippen LogP contribution in [-0.4, -0.2) is 52.4 Å². The van der Waals surface area contributed by atoms with Crippen LogP contribution < -0.4 is 11.2 Å². The van der Waals surface area contributed by atoms with Crippen LogP contribution in [0.1, 0.15) is 29.9 Å². The Morgan fingerprint density at radius 2 is 1.63 bits per heavy atom. The number of aromatic nitrogens is 8. The molecule has 216 valence electrons. The number of carbonyl (C=O) groups excluding carboxylic acids is 1. The van der Waals surface area contributed by atoms with Gasteiger partial charge in [-0.15, -0.1) is 5.10 Å². The Labute approximate surface area is 245 Å². The molecule has 1 atom stereocenters. The molecule has 0 aliphatic carbocycles. The molecule has 0 bridgehead atoms. The molecule has 0 spiro atoms. The van der Waals surface area contributed by atoms with Gasteiger partial charge in [0, 0.05) is 12.1 Å². The minimum Gasteiger partial charge on any atom is -0.468 e. The highest BCUT2D eigenvalue weighted by Crippen LogP contribution is 2.30. The van der Waals surface area contributed by atoms with Crippen molar-refractivity contribution in [1.82, 2.24) is 39.3 Å². The van der Waals surface area contributed by atoms with E-state index in [2.05, 4.69) is 25.6 Å². The van der Waals surface area contributed by atoms with Gasteiger partial charge in [-0.3, -0.25) is 18.7 Å². The lowest BCUT2D eigenvalue weighted by atomic mass is 9.98. The largest absolute Gasteiger partial charge is 0.468 e. The molecule has 12 nitrogen and oxygen atoms in total. The quantitative estimate of drug-likeness (QED) is 0.272. The van der Waals surface area contributed by atoms with E-state index in [-0.39, 0.29) is 17.7 Å². The summed E-state index contributed by atoms with van der Waals surface area (Å²) in [6, 6.07) is 24.5. The van der Waals surface area contributed by atoms with E-state index < -0.39 is 23.3 Å². The summed E-state index contributed by atoms with van der Waals surface area (Å²) < 4.78 is 9.02. The van der Waals surface area contributed by atoms with E-state index in [1.54, 1.807) is 18.4 Å². The third-order valence-electron chi connectivity index (χ3n) is 7.57. The Balaban J connectivity index is 1.44. The second-order valence-electron chi connectivity index (χ2n) is 10.1. The fourth-order valence-corrected chi connectivity index (χ4v) is 5.31. The summed E-state index contributed by atoms with van der Waals surface area (Å²) in [5.74, 6) is 0.479. The highest BCUT2D eigenvalue weighted by Gasteiger charge is 2.25. The van der Waals surface area contributed by atoms with Gasteiger partial charge in [-0.25, -0.2) is 14.9 Å². The second-order valence-corrected chi connectivity index (χ2v) is 10.1. The number of carbonyl (C=O) groups is 1. The van der Waals surface area contributed by atoms with Crippen molar-refractivity contribution >= 4 is 17.1 Å². The SMILES string of the molecule is COC(=O)Cn1c(=O)n(C(C)c2ccccc2)c(=O)c2c1nc(C)n2Cc1ccc(-c2ccccc2-c2nnn[nH]2)cc1. The number of H-pyrrole nitrogens is 1. The van der Waals surface area contributed by atoms with Gasteiger partial charge < -0.3 is 9.30 Å². The number of hydrogen-bond acceptors (Lipinski definition) is 8. The van der Waals surface area contributed by atoms with Crippen molar-refractivity contribution in [2.24, 2.45) is 0 Å². The number of hydrogen-bond donors (Lipinski definition) is 1. The Morgan fingerprint density at radius 1 is 0.930 bits per heavy atom. The van der Waals surface area contributed by atoms with Crippen LogP contribution in [0.25, 0.3) is 33.7 Å². The molecule has 3 aromatic heterocycles. The van der Waals surface area contributed by atoms with Crippen LogP contribution in [0.5, 0.6) is 0 Å². The third-order valence-corrected chi connectivity index (χ3v) is 7.57. The summed E-state index contributed by atoms with van der Waals surface area (Å²) in [7, 11) is 1.25. The molecule has 12 heteroatoms. The summed E-state index contributed by atoms with van der Waals surface area (Å²) >= 11 is 0. The number of tetrazole rings is 1. The van der Waals surface area contributed by atoms with Crippen molar-refractivity contribution < 1.29 is 9.53 Å². The summed E-state index contributed by atoms with van der Waals surface area (Å²) in [4.78, 5) is 44.6. The number of aromatic amines is 1. The maximum atomic E-state index is 14.0. The third kappa shape index (κ3) is 5.03. The van der Waals surface area contributed by atoms with Crippen LogP contribution in [0.15, 0.2) is 88.5 Å². The maximum absolute atomic E-state index is 14.0. The van der Waals surface area contributed by atoms with E-state index in [1.165, 1.54) is 16.2 Å². The van der Waals surface area contributed by atoms with Gasteiger partial charge in [0.2, 0.25) is 0 Å². The summed E-state index contributed by atoms with van der Waals surface area (Å²) in [5.41, 5.74) is 3.75. The number of nitrogens with zero attached hydrogens (tertiary/aromatic N) is 7. The molecule has 6 aromatic rings. The van der Waals surface area contributed by atoms with E-state index in [4.69, 9.17) is 4.74 Å². The number of benzene rings is 3. The molecular weight excluding hydrogens is 548 g/mol. The number of methoxy groups -OCH3 is 1. The van der Waals surface area contributed by atoms with E-state index in [1.807, 2.05) is 78.9 Å². The fraction of sp³-hybridized carbons (Fsp3) is 0.194. The zero-order valence-corrected chi connectivity index (χ0v) is 23.8. The topological polar surface area (TPSA) is 143 Å². The van der Waals surface area contributed by atoms with Crippen molar-refractivity contribution in [3.8, 4) is 22.5 Å². The smallest absolute Gasteiger partial charge is 0.333 e. The number of imidazole rings is 1. The van der Waals surface area contributed by atoms with Crippen LogP contribution in [0, 0.1) is 6.92 Å².